The second-order valence-electron chi connectivity index (χ2n) is 10.3. The Balaban J connectivity index is 2.56. The van der Waals surface area contributed by atoms with Crippen molar-refractivity contribution in [1.29, 1.82) is 0 Å². The Morgan fingerprint density at radius 2 is 1.46 bits per heavy atom. The highest BCUT2D eigenvalue weighted by Crippen LogP contribution is 2.38. The SMILES string of the molecule is CCC(C)(CN1CCN(C(C)C)CC1)CC(C)(C)COC(C)(C)C. The average Bonchev–Trinajstić information content (AvgIpc) is 2.44. The molecule has 0 aromatic carbocycles. The Bertz CT molecular complexity index is 365. The average molecular weight is 341 g/mol. The van der Waals surface area contributed by atoms with Crippen LogP contribution in [-0.2, 0) is 4.74 Å². The molecule has 0 radical (unpaired) electrons. The lowest BCUT2D eigenvalue weighted by Gasteiger charge is -2.44. The summed E-state index contributed by atoms with van der Waals surface area (Å²) in [5, 5.41) is 0. The van der Waals surface area contributed by atoms with Crippen LogP contribution < -0.4 is 0 Å². The van der Waals surface area contributed by atoms with Gasteiger partial charge in [0.25, 0.3) is 0 Å². The first-order chi connectivity index (χ1) is 10.9. The monoisotopic (exact) mass is 340 g/mol. The van der Waals surface area contributed by atoms with Crippen LogP contribution in [0, 0.1) is 10.8 Å². The van der Waals surface area contributed by atoms with Gasteiger partial charge in [0.05, 0.1) is 12.2 Å². The van der Waals surface area contributed by atoms with Gasteiger partial charge in [-0.2, -0.15) is 0 Å². The standard InChI is InChI=1S/C21H44N2O/c1-10-21(9,15-20(7,8)17-24-19(4,5)6)16-22-11-13-23(14-12-22)18(2)3/h18H,10-17H2,1-9H3. The first-order valence-corrected chi connectivity index (χ1v) is 9.96. The number of hydrogen-bond acceptors (Lipinski definition) is 3. The molecule has 144 valence electrons. The third kappa shape index (κ3) is 7.84. The lowest BCUT2D eigenvalue weighted by Crippen LogP contribution is -2.51. The van der Waals surface area contributed by atoms with E-state index in [-0.39, 0.29) is 11.0 Å². The van der Waals surface area contributed by atoms with Crippen molar-refractivity contribution in [3.63, 3.8) is 0 Å². The van der Waals surface area contributed by atoms with Crippen molar-refractivity contribution in [2.75, 3.05) is 39.3 Å². The quantitative estimate of drug-likeness (QED) is 0.639. The topological polar surface area (TPSA) is 15.7 Å². The maximum Gasteiger partial charge on any atom is 0.0598 e. The Morgan fingerprint density at radius 1 is 0.917 bits per heavy atom. The number of piperazine rings is 1. The van der Waals surface area contributed by atoms with Gasteiger partial charge in [-0.3, -0.25) is 4.90 Å². The summed E-state index contributed by atoms with van der Waals surface area (Å²) in [5.74, 6) is 0. The molecule has 1 saturated heterocycles. The zero-order valence-corrected chi connectivity index (χ0v) is 18.0. The molecule has 1 rings (SSSR count). The van der Waals surface area contributed by atoms with Crippen molar-refractivity contribution in [3.8, 4) is 0 Å². The van der Waals surface area contributed by atoms with Crippen LogP contribution in [0.3, 0.4) is 0 Å². The number of rotatable bonds is 8. The summed E-state index contributed by atoms with van der Waals surface area (Å²) in [6.45, 7) is 27.5. The molecule has 0 aliphatic carbocycles. The van der Waals surface area contributed by atoms with Crippen molar-refractivity contribution in [2.24, 2.45) is 10.8 Å². The van der Waals surface area contributed by atoms with Gasteiger partial charge in [-0.05, 0) is 58.3 Å². The molecule has 0 N–H and O–H groups in total. The Kier molecular flexibility index (Phi) is 7.77. The predicted octanol–water partition coefficient (Wildman–Crippen LogP) is 4.66. The van der Waals surface area contributed by atoms with Crippen molar-refractivity contribution < 1.29 is 4.74 Å². The van der Waals surface area contributed by atoms with Crippen LogP contribution in [0.25, 0.3) is 0 Å². The highest BCUT2D eigenvalue weighted by atomic mass is 16.5. The molecule has 24 heavy (non-hydrogen) atoms. The molecule has 0 aromatic heterocycles. The van der Waals surface area contributed by atoms with Crippen LogP contribution in [0.5, 0.6) is 0 Å². The fourth-order valence-electron chi connectivity index (χ4n) is 3.89. The van der Waals surface area contributed by atoms with Crippen LogP contribution in [0.2, 0.25) is 0 Å². The third-order valence-corrected chi connectivity index (χ3v) is 5.40. The molecule has 0 amide bonds. The maximum absolute atomic E-state index is 6.09. The minimum atomic E-state index is -0.0486. The highest BCUT2D eigenvalue weighted by molar-refractivity contribution is 4.86. The van der Waals surface area contributed by atoms with Crippen molar-refractivity contribution >= 4 is 0 Å². The Morgan fingerprint density at radius 3 is 1.88 bits per heavy atom. The van der Waals surface area contributed by atoms with Crippen molar-refractivity contribution in [2.45, 2.75) is 86.8 Å². The molecule has 0 saturated carbocycles. The van der Waals surface area contributed by atoms with Gasteiger partial charge in [0.1, 0.15) is 0 Å². The zero-order chi connectivity index (χ0) is 18.6. The second-order valence-corrected chi connectivity index (χ2v) is 10.3. The first kappa shape index (κ1) is 21.9. The molecule has 0 spiro atoms. The lowest BCUT2D eigenvalue weighted by molar-refractivity contribution is -0.0579. The molecule has 3 heteroatoms. The minimum Gasteiger partial charge on any atom is -0.375 e. The number of nitrogens with zero attached hydrogens (tertiary/aromatic N) is 2. The molecule has 0 aromatic rings. The fraction of sp³-hybridized carbons (Fsp3) is 1.00. The number of hydrogen-bond donors (Lipinski definition) is 0. The van der Waals surface area contributed by atoms with Gasteiger partial charge in [-0.15, -0.1) is 0 Å². The highest BCUT2D eigenvalue weighted by Gasteiger charge is 2.34. The van der Waals surface area contributed by atoms with Crippen LogP contribution >= 0.6 is 0 Å². The normalized spacial score (nSPS) is 21.2. The summed E-state index contributed by atoms with van der Waals surface area (Å²) in [6.07, 6.45) is 2.45. The van der Waals surface area contributed by atoms with Gasteiger partial charge in [0.2, 0.25) is 0 Å². The van der Waals surface area contributed by atoms with Crippen LogP contribution in [0.15, 0.2) is 0 Å². The van der Waals surface area contributed by atoms with E-state index in [2.05, 4.69) is 72.1 Å². The summed E-state index contributed by atoms with van der Waals surface area (Å²) < 4.78 is 6.09. The maximum atomic E-state index is 6.09. The molecule has 1 unspecified atom stereocenters. The molecule has 0 bridgehead atoms. The van der Waals surface area contributed by atoms with E-state index in [1.165, 1.54) is 45.6 Å². The second kappa shape index (κ2) is 8.51. The van der Waals surface area contributed by atoms with E-state index in [1.54, 1.807) is 0 Å². The van der Waals surface area contributed by atoms with E-state index in [0.717, 1.165) is 6.61 Å². The van der Waals surface area contributed by atoms with Gasteiger partial charge < -0.3 is 9.64 Å². The summed E-state index contributed by atoms with van der Waals surface area (Å²) in [6, 6.07) is 0.679. The Labute approximate surface area is 152 Å². The predicted molar refractivity (Wildman–Crippen MR) is 106 cm³/mol. The van der Waals surface area contributed by atoms with Crippen molar-refractivity contribution in [3.05, 3.63) is 0 Å². The Hall–Kier alpha value is -0.120. The fourth-order valence-corrected chi connectivity index (χ4v) is 3.89. The van der Waals surface area contributed by atoms with Crippen molar-refractivity contribution in [1.82, 2.24) is 9.80 Å². The number of ether oxygens (including phenoxy) is 1. The molecular formula is C21H44N2O. The third-order valence-electron chi connectivity index (χ3n) is 5.40. The zero-order valence-electron chi connectivity index (χ0n) is 18.0. The van der Waals surface area contributed by atoms with E-state index in [4.69, 9.17) is 4.74 Å². The minimum absolute atomic E-state index is 0.0486. The molecule has 1 heterocycles. The van der Waals surface area contributed by atoms with Crippen LogP contribution in [0.1, 0.15) is 75.2 Å². The van der Waals surface area contributed by atoms with Gasteiger partial charge in [0, 0.05) is 38.8 Å². The summed E-state index contributed by atoms with van der Waals surface area (Å²) in [5.41, 5.74) is 0.537. The molecule has 1 aliphatic rings. The van der Waals surface area contributed by atoms with E-state index >= 15 is 0 Å². The van der Waals surface area contributed by atoms with Gasteiger partial charge >= 0.3 is 0 Å². The smallest absolute Gasteiger partial charge is 0.0598 e. The van der Waals surface area contributed by atoms with Gasteiger partial charge in [-0.25, -0.2) is 0 Å². The molecule has 3 nitrogen and oxygen atoms in total. The largest absolute Gasteiger partial charge is 0.375 e. The van der Waals surface area contributed by atoms with E-state index in [9.17, 15) is 0 Å². The first-order valence-electron chi connectivity index (χ1n) is 9.96. The van der Waals surface area contributed by atoms with E-state index < -0.39 is 0 Å². The van der Waals surface area contributed by atoms with E-state index in [1.807, 2.05) is 0 Å². The van der Waals surface area contributed by atoms with Gasteiger partial charge in [-0.1, -0.05) is 27.7 Å². The van der Waals surface area contributed by atoms with E-state index in [0.29, 0.717) is 11.5 Å². The molecule has 1 atom stereocenters. The molecular weight excluding hydrogens is 296 g/mol. The van der Waals surface area contributed by atoms with Crippen LogP contribution in [-0.4, -0.2) is 60.8 Å². The summed E-state index contributed by atoms with van der Waals surface area (Å²) >= 11 is 0. The van der Waals surface area contributed by atoms with Crippen LogP contribution in [0.4, 0.5) is 0 Å². The molecule has 1 aliphatic heterocycles. The van der Waals surface area contributed by atoms with Gasteiger partial charge in [0.15, 0.2) is 0 Å². The molecule has 1 fully saturated rings. The summed E-state index contributed by atoms with van der Waals surface area (Å²) in [4.78, 5) is 5.28. The summed E-state index contributed by atoms with van der Waals surface area (Å²) in [7, 11) is 0. The lowest BCUT2D eigenvalue weighted by atomic mass is 9.72.